The number of hydrogen-bond acceptors (Lipinski definition) is 8. The molecule has 1 saturated heterocycles. The average molecular weight is 488 g/mol. The SMILES string of the molecule is O=C(COC(=O)[C@H]1CC(=O)N(c2cccc([N+](=O)[O-])c2)C1)c1ccc(OC(=O)c2ccccc2)cc1. The first-order valence-corrected chi connectivity index (χ1v) is 10.9. The summed E-state index contributed by atoms with van der Waals surface area (Å²) in [7, 11) is 0. The number of carbonyl (C=O) groups is 4. The lowest BCUT2D eigenvalue weighted by molar-refractivity contribution is -0.384. The molecule has 0 radical (unpaired) electrons. The second-order valence-corrected chi connectivity index (χ2v) is 7.99. The summed E-state index contributed by atoms with van der Waals surface area (Å²) in [4.78, 5) is 61.1. The maximum absolute atomic E-state index is 12.5. The summed E-state index contributed by atoms with van der Waals surface area (Å²) in [6, 6.07) is 19.8. The molecule has 0 N–H and O–H groups in total. The van der Waals surface area contributed by atoms with Gasteiger partial charge in [-0.2, -0.15) is 0 Å². The van der Waals surface area contributed by atoms with Crippen LogP contribution in [0.3, 0.4) is 0 Å². The third-order valence-electron chi connectivity index (χ3n) is 5.55. The molecule has 0 saturated carbocycles. The van der Waals surface area contributed by atoms with E-state index in [9.17, 15) is 29.3 Å². The van der Waals surface area contributed by atoms with Crippen LogP contribution in [0, 0.1) is 16.0 Å². The summed E-state index contributed by atoms with van der Waals surface area (Å²) in [5.41, 5.74) is 0.786. The van der Waals surface area contributed by atoms with E-state index in [0.29, 0.717) is 11.3 Å². The number of Topliss-reactive ketones (excluding diaryl/α,β-unsaturated/α-hetero) is 1. The lowest BCUT2D eigenvalue weighted by atomic mass is 10.1. The molecular formula is C26H20N2O8. The number of nitro benzene ring substituents is 1. The number of hydrogen-bond donors (Lipinski definition) is 0. The van der Waals surface area contributed by atoms with Crippen molar-refractivity contribution in [2.24, 2.45) is 5.92 Å². The molecule has 3 aromatic carbocycles. The van der Waals surface area contributed by atoms with Crippen LogP contribution < -0.4 is 9.64 Å². The third kappa shape index (κ3) is 5.61. The largest absolute Gasteiger partial charge is 0.457 e. The van der Waals surface area contributed by atoms with E-state index in [0.717, 1.165) is 0 Å². The smallest absolute Gasteiger partial charge is 0.343 e. The molecule has 10 heteroatoms. The van der Waals surface area contributed by atoms with Crippen LogP contribution in [0.4, 0.5) is 11.4 Å². The highest BCUT2D eigenvalue weighted by atomic mass is 16.6. The van der Waals surface area contributed by atoms with Crippen molar-refractivity contribution in [3.8, 4) is 5.75 Å². The fraction of sp³-hybridized carbons (Fsp3) is 0.154. The Morgan fingerprint density at radius 1 is 0.944 bits per heavy atom. The molecule has 1 fully saturated rings. The number of amides is 1. The van der Waals surface area contributed by atoms with Gasteiger partial charge in [-0.15, -0.1) is 0 Å². The zero-order chi connectivity index (χ0) is 25.7. The number of nitrogens with zero attached hydrogens (tertiary/aromatic N) is 2. The maximum Gasteiger partial charge on any atom is 0.343 e. The Morgan fingerprint density at radius 3 is 2.36 bits per heavy atom. The molecule has 1 aliphatic rings. The minimum atomic E-state index is -0.802. The van der Waals surface area contributed by atoms with Crippen molar-refractivity contribution in [2.75, 3.05) is 18.1 Å². The summed E-state index contributed by atoms with van der Waals surface area (Å²) in [6.07, 6.45) is -0.128. The van der Waals surface area contributed by atoms with Crippen molar-refractivity contribution in [1.82, 2.24) is 0 Å². The van der Waals surface area contributed by atoms with Gasteiger partial charge < -0.3 is 14.4 Å². The van der Waals surface area contributed by atoms with Crippen LogP contribution in [0.1, 0.15) is 27.1 Å². The third-order valence-corrected chi connectivity index (χ3v) is 5.55. The van der Waals surface area contributed by atoms with E-state index in [-0.39, 0.29) is 35.9 Å². The number of benzene rings is 3. The van der Waals surface area contributed by atoms with Crippen LogP contribution >= 0.6 is 0 Å². The van der Waals surface area contributed by atoms with E-state index < -0.39 is 35.2 Å². The van der Waals surface area contributed by atoms with Gasteiger partial charge in [0.25, 0.3) is 5.69 Å². The van der Waals surface area contributed by atoms with Crippen molar-refractivity contribution < 1.29 is 33.6 Å². The number of rotatable bonds is 8. The Kier molecular flexibility index (Phi) is 7.15. The highest BCUT2D eigenvalue weighted by Crippen LogP contribution is 2.28. The summed E-state index contributed by atoms with van der Waals surface area (Å²) >= 11 is 0. The van der Waals surface area contributed by atoms with Crippen molar-refractivity contribution in [3.63, 3.8) is 0 Å². The van der Waals surface area contributed by atoms with Crippen LogP contribution in [0.15, 0.2) is 78.9 Å². The van der Waals surface area contributed by atoms with Crippen molar-refractivity contribution in [3.05, 3.63) is 100 Å². The molecule has 1 atom stereocenters. The first-order valence-electron chi connectivity index (χ1n) is 10.9. The predicted molar refractivity (Wildman–Crippen MR) is 127 cm³/mol. The van der Waals surface area contributed by atoms with E-state index in [1.165, 1.54) is 47.4 Å². The molecule has 36 heavy (non-hydrogen) atoms. The van der Waals surface area contributed by atoms with Crippen LogP contribution in [-0.4, -0.2) is 41.7 Å². The van der Waals surface area contributed by atoms with E-state index in [1.807, 2.05) is 0 Å². The molecule has 4 rings (SSSR count). The van der Waals surface area contributed by atoms with E-state index in [1.54, 1.807) is 36.4 Å². The van der Waals surface area contributed by atoms with Crippen molar-refractivity contribution in [1.29, 1.82) is 0 Å². The van der Waals surface area contributed by atoms with Gasteiger partial charge in [0.15, 0.2) is 12.4 Å². The van der Waals surface area contributed by atoms with Crippen molar-refractivity contribution in [2.45, 2.75) is 6.42 Å². The zero-order valence-electron chi connectivity index (χ0n) is 18.9. The molecule has 0 bridgehead atoms. The Balaban J connectivity index is 1.30. The summed E-state index contributed by atoms with van der Waals surface area (Å²) in [5, 5.41) is 11.0. The molecule has 3 aromatic rings. The number of ketones is 1. The van der Waals surface area contributed by atoms with Gasteiger partial charge in [0.1, 0.15) is 5.75 Å². The number of anilines is 1. The van der Waals surface area contributed by atoms with Crippen LogP contribution in [-0.2, 0) is 14.3 Å². The highest BCUT2D eigenvalue weighted by Gasteiger charge is 2.36. The minimum absolute atomic E-state index is 0.00545. The number of ether oxygens (including phenoxy) is 2. The second kappa shape index (κ2) is 10.6. The first kappa shape index (κ1) is 24.3. The van der Waals surface area contributed by atoms with Crippen LogP contribution in [0.25, 0.3) is 0 Å². The lowest BCUT2D eigenvalue weighted by Gasteiger charge is -2.16. The molecule has 0 spiro atoms. The molecule has 1 aliphatic heterocycles. The number of esters is 2. The molecule has 1 heterocycles. The number of non-ortho nitro benzene ring substituents is 1. The molecule has 10 nitrogen and oxygen atoms in total. The molecule has 0 unspecified atom stereocenters. The second-order valence-electron chi connectivity index (χ2n) is 7.99. The monoisotopic (exact) mass is 488 g/mol. The van der Waals surface area contributed by atoms with Gasteiger partial charge in [-0.3, -0.25) is 24.5 Å². The number of carbonyl (C=O) groups excluding carboxylic acids is 4. The van der Waals surface area contributed by atoms with Gasteiger partial charge in [-0.1, -0.05) is 24.3 Å². The predicted octanol–water partition coefficient (Wildman–Crippen LogP) is 3.59. The Hall–Kier alpha value is -4.86. The quantitative estimate of drug-likeness (QED) is 0.154. The summed E-state index contributed by atoms with van der Waals surface area (Å²) in [6.45, 7) is -0.530. The average Bonchev–Trinajstić information content (AvgIpc) is 3.29. The Labute approximate surface area is 205 Å². The van der Waals surface area contributed by atoms with Gasteiger partial charge in [0.2, 0.25) is 5.91 Å². The van der Waals surface area contributed by atoms with Crippen molar-refractivity contribution >= 4 is 35.0 Å². The maximum atomic E-state index is 12.5. The normalized spacial score (nSPS) is 14.8. The topological polar surface area (TPSA) is 133 Å². The highest BCUT2D eigenvalue weighted by molar-refractivity contribution is 6.01. The van der Waals surface area contributed by atoms with Crippen LogP contribution in [0.5, 0.6) is 5.75 Å². The lowest BCUT2D eigenvalue weighted by Crippen LogP contribution is -2.27. The Bertz CT molecular complexity index is 1320. The Morgan fingerprint density at radius 2 is 1.67 bits per heavy atom. The van der Waals surface area contributed by atoms with E-state index in [4.69, 9.17) is 9.47 Å². The minimum Gasteiger partial charge on any atom is -0.457 e. The fourth-order valence-electron chi connectivity index (χ4n) is 3.68. The summed E-state index contributed by atoms with van der Waals surface area (Å²) in [5.74, 6) is -2.63. The standard InChI is InChI=1S/C26H20N2O8/c29-23(17-9-11-22(12-10-17)36-26(32)18-5-2-1-3-6-18)16-35-25(31)19-13-24(30)27(15-19)20-7-4-8-21(14-20)28(33)34/h1-12,14,19H,13,15-16H2/t19-/m0/s1. The molecule has 0 aromatic heterocycles. The van der Waals surface area contributed by atoms with Crippen LogP contribution in [0.2, 0.25) is 0 Å². The zero-order valence-corrected chi connectivity index (χ0v) is 18.9. The summed E-state index contributed by atoms with van der Waals surface area (Å²) < 4.78 is 10.4. The van der Waals surface area contributed by atoms with Gasteiger partial charge >= 0.3 is 11.9 Å². The molecule has 0 aliphatic carbocycles. The van der Waals surface area contributed by atoms with Gasteiger partial charge in [-0.25, -0.2) is 4.79 Å². The molecule has 182 valence electrons. The molecule has 1 amide bonds. The van der Waals surface area contributed by atoms with E-state index >= 15 is 0 Å². The van der Waals surface area contributed by atoms with Gasteiger partial charge in [0, 0.05) is 30.7 Å². The number of nitro groups is 1. The van der Waals surface area contributed by atoms with E-state index in [2.05, 4.69) is 0 Å². The van der Waals surface area contributed by atoms with Gasteiger partial charge in [-0.05, 0) is 42.5 Å². The first-order chi connectivity index (χ1) is 17.3. The van der Waals surface area contributed by atoms with Gasteiger partial charge in [0.05, 0.1) is 22.1 Å². The fourth-order valence-corrected chi connectivity index (χ4v) is 3.68. The molecular weight excluding hydrogens is 468 g/mol.